The van der Waals surface area contributed by atoms with Gasteiger partial charge in [-0.2, -0.15) is 10.4 Å². The minimum Gasteiger partial charge on any atom is -0.398 e. The number of nitriles is 1. The average molecular weight is 369 g/mol. The Kier molecular flexibility index (Phi) is 4.38. The van der Waals surface area contributed by atoms with E-state index in [1.165, 1.54) is 0 Å². The van der Waals surface area contributed by atoms with E-state index in [0.29, 0.717) is 17.3 Å². The highest BCUT2D eigenvalue weighted by atomic mass is 15.3. The monoisotopic (exact) mass is 369 g/mol. The van der Waals surface area contributed by atoms with Gasteiger partial charge in [-0.3, -0.25) is 9.67 Å². The number of aromatic nitrogens is 4. The van der Waals surface area contributed by atoms with Gasteiger partial charge in [-0.05, 0) is 54.6 Å². The Hall–Kier alpha value is -3.92. The van der Waals surface area contributed by atoms with Crippen molar-refractivity contribution in [2.24, 2.45) is 0 Å². The molecular weight excluding hydrogens is 350 g/mol. The van der Waals surface area contributed by atoms with Crippen molar-refractivity contribution in [3.63, 3.8) is 0 Å². The lowest BCUT2D eigenvalue weighted by Crippen LogP contribution is -2.04. The average Bonchev–Trinajstić information content (AvgIpc) is 3.16. The summed E-state index contributed by atoms with van der Waals surface area (Å²) in [6, 6.07) is 11.6. The number of nitrogens with one attached hydrogen (secondary N) is 1. The Morgan fingerprint density at radius 2 is 2.04 bits per heavy atom. The van der Waals surface area contributed by atoms with E-state index >= 15 is 0 Å². The lowest BCUT2D eigenvalue weighted by molar-refractivity contribution is 0.593. The molecule has 0 amide bonds. The number of aryl methyl sites for hydroxylation is 1. The summed E-state index contributed by atoms with van der Waals surface area (Å²) in [4.78, 5) is 8.67. The minimum absolute atomic E-state index is 0.329. The Morgan fingerprint density at radius 1 is 1.18 bits per heavy atom. The van der Waals surface area contributed by atoms with Gasteiger partial charge in [0.2, 0.25) is 0 Å². The molecule has 0 aliphatic rings. The van der Waals surface area contributed by atoms with Gasteiger partial charge in [0.25, 0.3) is 0 Å². The third kappa shape index (κ3) is 3.23. The van der Waals surface area contributed by atoms with Gasteiger partial charge in [-0.1, -0.05) is 0 Å². The molecule has 0 spiro atoms. The van der Waals surface area contributed by atoms with E-state index in [1.54, 1.807) is 30.2 Å². The van der Waals surface area contributed by atoms with Crippen LogP contribution >= 0.6 is 0 Å². The van der Waals surface area contributed by atoms with E-state index in [-0.39, 0.29) is 6.04 Å². The summed E-state index contributed by atoms with van der Waals surface area (Å²) in [5, 5.41) is 18.4. The fraction of sp³-hybridized carbons (Fsp3) is 0.143. The summed E-state index contributed by atoms with van der Waals surface area (Å²) in [7, 11) is 0. The van der Waals surface area contributed by atoms with Crippen LogP contribution in [0.3, 0.4) is 0 Å². The van der Waals surface area contributed by atoms with Crippen LogP contribution in [-0.4, -0.2) is 19.7 Å². The van der Waals surface area contributed by atoms with Crippen LogP contribution in [0.2, 0.25) is 0 Å². The normalized spacial score (nSPS) is 11.9. The molecule has 28 heavy (non-hydrogen) atoms. The zero-order valence-corrected chi connectivity index (χ0v) is 15.6. The summed E-state index contributed by atoms with van der Waals surface area (Å²) in [5.41, 5.74) is 10.1. The molecule has 0 fully saturated rings. The van der Waals surface area contributed by atoms with E-state index in [2.05, 4.69) is 39.4 Å². The number of rotatable bonds is 4. The number of fused-ring (bicyclic) bond motifs is 1. The maximum Gasteiger partial charge on any atom is 0.153 e. The highest BCUT2D eigenvalue weighted by molar-refractivity contribution is 5.97. The zero-order chi connectivity index (χ0) is 19.7. The summed E-state index contributed by atoms with van der Waals surface area (Å²) in [6.07, 6.45) is 7.14. The molecule has 0 aliphatic heterocycles. The number of nitrogens with zero attached hydrogens (tertiary/aromatic N) is 5. The zero-order valence-electron chi connectivity index (χ0n) is 15.6. The maximum atomic E-state index is 9.01. The molecular formula is C21H19N7. The van der Waals surface area contributed by atoms with Crippen molar-refractivity contribution in [2.45, 2.75) is 19.9 Å². The van der Waals surface area contributed by atoms with Crippen LogP contribution in [0, 0.1) is 18.3 Å². The number of nitrogens with two attached hydrogens (primary N) is 1. The molecule has 0 saturated carbocycles. The summed E-state index contributed by atoms with van der Waals surface area (Å²) in [6.45, 7) is 3.84. The van der Waals surface area contributed by atoms with E-state index in [1.807, 2.05) is 30.5 Å². The number of hydrogen-bond donors (Lipinski definition) is 2. The summed E-state index contributed by atoms with van der Waals surface area (Å²) < 4.78 is 1.60. The third-order valence-electron chi connectivity index (χ3n) is 4.67. The lowest BCUT2D eigenvalue weighted by Gasteiger charge is -2.10. The molecule has 4 aromatic rings. The fourth-order valence-corrected chi connectivity index (χ4v) is 3.09. The quantitative estimate of drug-likeness (QED) is 0.522. The van der Waals surface area contributed by atoms with Crippen molar-refractivity contribution in [3.05, 3.63) is 60.7 Å². The first-order valence-electron chi connectivity index (χ1n) is 8.87. The second-order valence-corrected chi connectivity index (χ2v) is 6.66. The van der Waals surface area contributed by atoms with Crippen LogP contribution in [0.5, 0.6) is 0 Å². The molecule has 3 N–H and O–H groups in total. The fourth-order valence-electron chi connectivity index (χ4n) is 3.09. The second-order valence-electron chi connectivity index (χ2n) is 6.66. The van der Waals surface area contributed by atoms with E-state index in [4.69, 9.17) is 11.0 Å². The van der Waals surface area contributed by atoms with Crippen molar-refractivity contribution in [1.82, 2.24) is 19.7 Å². The molecule has 0 aliphatic carbocycles. The van der Waals surface area contributed by atoms with E-state index < -0.39 is 0 Å². The maximum absolute atomic E-state index is 9.01. The van der Waals surface area contributed by atoms with Crippen molar-refractivity contribution >= 4 is 28.1 Å². The first kappa shape index (κ1) is 17.5. The van der Waals surface area contributed by atoms with Crippen LogP contribution in [0.1, 0.15) is 18.5 Å². The van der Waals surface area contributed by atoms with Gasteiger partial charge in [-0.25, -0.2) is 4.98 Å². The highest BCUT2D eigenvalue weighted by Gasteiger charge is 2.09. The Balaban J connectivity index is 1.71. The highest BCUT2D eigenvalue weighted by Crippen LogP contribution is 2.31. The lowest BCUT2D eigenvalue weighted by atomic mass is 9.99. The molecule has 138 valence electrons. The van der Waals surface area contributed by atoms with Crippen molar-refractivity contribution < 1.29 is 0 Å². The van der Waals surface area contributed by atoms with Gasteiger partial charge in [0.05, 0.1) is 6.07 Å². The van der Waals surface area contributed by atoms with Crippen LogP contribution in [0.25, 0.3) is 21.9 Å². The summed E-state index contributed by atoms with van der Waals surface area (Å²) >= 11 is 0. The van der Waals surface area contributed by atoms with Crippen molar-refractivity contribution in [2.75, 3.05) is 11.1 Å². The molecule has 7 nitrogen and oxygen atoms in total. The minimum atomic E-state index is -0.329. The molecule has 3 heterocycles. The first-order chi connectivity index (χ1) is 13.5. The van der Waals surface area contributed by atoms with Crippen LogP contribution in [0.4, 0.5) is 17.3 Å². The molecule has 0 saturated heterocycles. The smallest absolute Gasteiger partial charge is 0.153 e. The topological polar surface area (TPSA) is 105 Å². The van der Waals surface area contributed by atoms with Crippen LogP contribution in [-0.2, 0) is 0 Å². The Morgan fingerprint density at radius 3 is 2.82 bits per heavy atom. The van der Waals surface area contributed by atoms with Crippen LogP contribution < -0.4 is 11.1 Å². The Labute approximate surface area is 162 Å². The molecule has 0 unspecified atom stereocenters. The van der Waals surface area contributed by atoms with E-state index in [9.17, 15) is 0 Å². The first-order valence-corrected chi connectivity index (χ1v) is 8.87. The van der Waals surface area contributed by atoms with Gasteiger partial charge < -0.3 is 11.1 Å². The van der Waals surface area contributed by atoms with Gasteiger partial charge in [-0.15, -0.1) is 0 Å². The van der Waals surface area contributed by atoms with Crippen molar-refractivity contribution in [3.8, 4) is 17.2 Å². The van der Waals surface area contributed by atoms with Gasteiger partial charge in [0, 0.05) is 47.5 Å². The number of pyridine rings is 2. The standard InChI is InChI=1S/C21H19N7/c1-13-3-5-24-11-17(13)15-7-16-9-21(25-12-18(16)19(23)8-15)26-20-4-6-28(27-20)14(2)10-22/h3-9,11-12,14H,23H2,1-2H3,(H,25,26,27)/t14-/m1/s1. The summed E-state index contributed by atoms with van der Waals surface area (Å²) in [5.74, 6) is 1.28. The third-order valence-corrected chi connectivity index (χ3v) is 4.67. The number of hydrogen-bond acceptors (Lipinski definition) is 6. The number of anilines is 3. The molecule has 0 radical (unpaired) electrons. The molecule has 1 atom stereocenters. The molecule has 4 rings (SSSR count). The molecule has 3 aromatic heterocycles. The van der Waals surface area contributed by atoms with Gasteiger partial charge in [0.15, 0.2) is 5.82 Å². The molecule has 0 bridgehead atoms. The number of nitrogen functional groups attached to an aromatic ring is 1. The Bertz CT molecular complexity index is 1200. The van der Waals surface area contributed by atoms with Gasteiger partial charge in [0.1, 0.15) is 11.9 Å². The number of benzene rings is 1. The van der Waals surface area contributed by atoms with Crippen molar-refractivity contribution in [1.29, 1.82) is 5.26 Å². The largest absolute Gasteiger partial charge is 0.398 e. The predicted molar refractivity (Wildman–Crippen MR) is 110 cm³/mol. The predicted octanol–water partition coefficient (Wildman–Crippen LogP) is 4.21. The SMILES string of the molecule is Cc1ccncc1-c1cc(N)c2cnc(Nc3ccn([C@H](C)C#N)n3)cc2c1. The molecule has 1 aromatic carbocycles. The second kappa shape index (κ2) is 7.00. The molecule has 7 heteroatoms. The van der Waals surface area contributed by atoms with Crippen LogP contribution in [0.15, 0.2) is 55.1 Å². The van der Waals surface area contributed by atoms with Gasteiger partial charge >= 0.3 is 0 Å². The van der Waals surface area contributed by atoms with E-state index in [0.717, 1.165) is 27.5 Å².